The first kappa shape index (κ1) is 12.6. The SMILES string of the molecule is Cc1cc(C)nc(NC(C)c2ccccc2C)n1. The highest BCUT2D eigenvalue weighted by molar-refractivity contribution is 5.36. The maximum absolute atomic E-state index is 4.41. The van der Waals surface area contributed by atoms with Crippen molar-refractivity contribution in [3.8, 4) is 0 Å². The molecular weight excluding hydrogens is 222 g/mol. The Morgan fingerprint density at radius 2 is 1.61 bits per heavy atom. The van der Waals surface area contributed by atoms with Crippen LogP contribution in [0.4, 0.5) is 5.95 Å². The molecule has 0 fully saturated rings. The van der Waals surface area contributed by atoms with Crippen LogP contribution in [0.25, 0.3) is 0 Å². The molecule has 3 nitrogen and oxygen atoms in total. The predicted molar refractivity (Wildman–Crippen MR) is 74.7 cm³/mol. The van der Waals surface area contributed by atoms with Crippen LogP contribution in [0.3, 0.4) is 0 Å². The summed E-state index contributed by atoms with van der Waals surface area (Å²) in [7, 11) is 0. The van der Waals surface area contributed by atoms with E-state index in [2.05, 4.69) is 53.4 Å². The molecule has 94 valence electrons. The second kappa shape index (κ2) is 5.17. The first-order valence-electron chi connectivity index (χ1n) is 6.20. The van der Waals surface area contributed by atoms with Gasteiger partial charge in [0.25, 0.3) is 0 Å². The lowest BCUT2D eigenvalue weighted by Crippen LogP contribution is -2.11. The molecule has 0 radical (unpaired) electrons. The lowest BCUT2D eigenvalue weighted by Gasteiger charge is -2.16. The molecule has 1 atom stereocenters. The quantitative estimate of drug-likeness (QED) is 0.892. The van der Waals surface area contributed by atoms with E-state index in [-0.39, 0.29) is 6.04 Å². The van der Waals surface area contributed by atoms with Crippen molar-refractivity contribution in [2.24, 2.45) is 0 Å². The molecule has 2 aromatic rings. The minimum Gasteiger partial charge on any atom is -0.348 e. The molecule has 3 heteroatoms. The van der Waals surface area contributed by atoms with Gasteiger partial charge in [0, 0.05) is 11.4 Å². The smallest absolute Gasteiger partial charge is 0.223 e. The van der Waals surface area contributed by atoms with Crippen LogP contribution in [0.1, 0.15) is 35.5 Å². The molecule has 0 aliphatic carbocycles. The third-order valence-corrected chi connectivity index (χ3v) is 2.98. The van der Waals surface area contributed by atoms with Crippen molar-refractivity contribution in [2.45, 2.75) is 33.7 Å². The maximum atomic E-state index is 4.41. The number of hydrogen-bond donors (Lipinski definition) is 1. The molecule has 0 amide bonds. The minimum atomic E-state index is 0.201. The highest BCUT2D eigenvalue weighted by Crippen LogP contribution is 2.20. The summed E-state index contributed by atoms with van der Waals surface area (Å²) in [6.45, 7) is 8.22. The summed E-state index contributed by atoms with van der Waals surface area (Å²) in [5.74, 6) is 0.697. The zero-order valence-electron chi connectivity index (χ0n) is 11.4. The normalized spacial score (nSPS) is 12.2. The van der Waals surface area contributed by atoms with Gasteiger partial charge in [0.15, 0.2) is 0 Å². The number of aromatic nitrogens is 2. The van der Waals surface area contributed by atoms with Crippen molar-refractivity contribution < 1.29 is 0 Å². The van der Waals surface area contributed by atoms with E-state index in [0.717, 1.165) is 11.4 Å². The summed E-state index contributed by atoms with van der Waals surface area (Å²) in [5, 5.41) is 3.36. The van der Waals surface area contributed by atoms with Crippen molar-refractivity contribution in [3.63, 3.8) is 0 Å². The number of nitrogens with zero attached hydrogens (tertiary/aromatic N) is 2. The number of hydrogen-bond acceptors (Lipinski definition) is 3. The van der Waals surface area contributed by atoms with Crippen molar-refractivity contribution >= 4 is 5.95 Å². The van der Waals surface area contributed by atoms with Gasteiger partial charge in [-0.15, -0.1) is 0 Å². The highest BCUT2D eigenvalue weighted by Gasteiger charge is 2.09. The Labute approximate surface area is 108 Å². The monoisotopic (exact) mass is 241 g/mol. The van der Waals surface area contributed by atoms with E-state index in [0.29, 0.717) is 5.95 Å². The van der Waals surface area contributed by atoms with Crippen LogP contribution >= 0.6 is 0 Å². The summed E-state index contributed by atoms with van der Waals surface area (Å²) in [6, 6.07) is 10.5. The molecular formula is C15H19N3. The molecule has 1 N–H and O–H groups in total. The maximum Gasteiger partial charge on any atom is 0.223 e. The van der Waals surface area contributed by atoms with Gasteiger partial charge in [0.1, 0.15) is 0 Å². The molecule has 18 heavy (non-hydrogen) atoms. The van der Waals surface area contributed by atoms with E-state index >= 15 is 0 Å². The molecule has 0 spiro atoms. The fourth-order valence-electron chi connectivity index (χ4n) is 2.13. The average molecular weight is 241 g/mol. The third kappa shape index (κ3) is 2.86. The van der Waals surface area contributed by atoms with Crippen LogP contribution in [-0.4, -0.2) is 9.97 Å². The third-order valence-electron chi connectivity index (χ3n) is 2.98. The number of aryl methyl sites for hydroxylation is 3. The lowest BCUT2D eigenvalue weighted by atomic mass is 10.0. The van der Waals surface area contributed by atoms with Crippen LogP contribution in [0.2, 0.25) is 0 Å². The van der Waals surface area contributed by atoms with Crippen molar-refractivity contribution in [1.29, 1.82) is 0 Å². The Morgan fingerprint density at radius 1 is 1.00 bits per heavy atom. The zero-order valence-corrected chi connectivity index (χ0v) is 11.4. The standard InChI is InChI=1S/C15H19N3/c1-10-7-5-6-8-14(10)13(4)18-15-16-11(2)9-12(3)17-15/h5-9,13H,1-4H3,(H,16,17,18). The predicted octanol–water partition coefficient (Wildman–Crippen LogP) is 3.57. The van der Waals surface area contributed by atoms with Crippen LogP contribution in [0, 0.1) is 20.8 Å². The largest absolute Gasteiger partial charge is 0.348 e. The van der Waals surface area contributed by atoms with Gasteiger partial charge in [-0.3, -0.25) is 0 Å². The fourth-order valence-corrected chi connectivity index (χ4v) is 2.13. The van der Waals surface area contributed by atoms with Crippen LogP contribution in [-0.2, 0) is 0 Å². The van der Waals surface area contributed by atoms with Gasteiger partial charge in [-0.05, 0) is 44.9 Å². The summed E-state index contributed by atoms with van der Waals surface area (Å²) < 4.78 is 0. The minimum absolute atomic E-state index is 0.201. The van der Waals surface area contributed by atoms with E-state index in [9.17, 15) is 0 Å². The molecule has 0 aliphatic rings. The Balaban J connectivity index is 2.21. The van der Waals surface area contributed by atoms with Gasteiger partial charge >= 0.3 is 0 Å². The van der Waals surface area contributed by atoms with Crippen molar-refractivity contribution in [2.75, 3.05) is 5.32 Å². The van der Waals surface area contributed by atoms with Gasteiger partial charge in [-0.1, -0.05) is 24.3 Å². The van der Waals surface area contributed by atoms with Crippen LogP contribution in [0.5, 0.6) is 0 Å². The second-order valence-corrected chi connectivity index (χ2v) is 4.70. The Bertz CT molecular complexity index is 529. The van der Waals surface area contributed by atoms with E-state index < -0.39 is 0 Å². The number of rotatable bonds is 3. The average Bonchev–Trinajstić information content (AvgIpc) is 2.27. The molecule has 1 unspecified atom stereocenters. The molecule has 1 aromatic carbocycles. The van der Waals surface area contributed by atoms with Crippen molar-refractivity contribution in [3.05, 3.63) is 52.8 Å². The first-order chi connectivity index (χ1) is 8.56. The Morgan fingerprint density at radius 3 is 2.22 bits per heavy atom. The second-order valence-electron chi connectivity index (χ2n) is 4.70. The zero-order chi connectivity index (χ0) is 13.1. The van der Waals surface area contributed by atoms with Crippen molar-refractivity contribution in [1.82, 2.24) is 9.97 Å². The summed E-state index contributed by atoms with van der Waals surface area (Å²) >= 11 is 0. The van der Waals surface area contributed by atoms with Gasteiger partial charge in [-0.25, -0.2) is 9.97 Å². The lowest BCUT2D eigenvalue weighted by molar-refractivity contribution is 0.845. The van der Waals surface area contributed by atoms with E-state index in [1.165, 1.54) is 11.1 Å². The van der Waals surface area contributed by atoms with Gasteiger partial charge < -0.3 is 5.32 Å². The van der Waals surface area contributed by atoms with E-state index in [1.54, 1.807) is 0 Å². The number of anilines is 1. The topological polar surface area (TPSA) is 37.8 Å². The summed E-state index contributed by atoms with van der Waals surface area (Å²) in [4.78, 5) is 8.81. The Hall–Kier alpha value is -1.90. The van der Waals surface area contributed by atoms with Gasteiger partial charge in [0.05, 0.1) is 6.04 Å². The van der Waals surface area contributed by atoms with Gasteiger partial charge in [0.2, 0.25) is 5.95 Å². The first-order valence-corrected chi connectivity index (χ1v) is 6.20. The molecule has 0 bridgehead atoms. The Kier molecular flexibility index (Phi) is 3.60. The van der Waals surface area contributed by atoms with Gasteiger partial charge in [-0.2, -0.15) is 0 Å². The molecule has 2 rings (SSSR count). The number of nitrogens with one attached hydrogen (secondary N) is 1. The summed E-state index contributed by atoms with van der Waals surface area (Å²) in [6.07, 6.45) is 0. The fraction of sp³-hybridized carbons (Fsp3) is 0.333. The van der Waals surface area contributed by atoms with E-state index in [1.807, 2.05) is 19.9 Å². The molecule has 0 saturated heterocycles. The van der Waals surface area contributed by atoms with E-state index in [4.69, 9.17) is 0 Å². The summed E-state index contributed by atoms with van der Waals surface area (Å²) in [5.41, 5.74) is 4.53. The molecule has 1 heterocycles. The number of benzene rings is 1. The molecule has 1 aromatic heterocycles. The molecule has 0 aliphatic heterocycles. The van der Waals surface area contributed by atoms with Crippen LogP contribution < -0.4 is 5.32 Å². The van der Waals surface area contributed by atoms with Crippen LogP contribution in [0.15, 0.2) is 30.3 Å². The highest BCUT2D eigenvalue weighted by atomic mass is 15.1. The molecule has 0 saturated carbocycles.